The Hall–Kier alpha value is -1.45. The first-order chi connectivity index (χ1) is 5.25. The van der Waals surface area contributed by atoms with Crippen molar-refractivity contribution in [3.8, 4) is 0 Å². The van der Waals surface area contributed by atoms with Gasteiger partial charge in [-0.15, -0.1) is 0 Å². The maximum atomic E-state index is 12.4. The van der Waals surface area contributed by atoms with Crippen molar-refractivity contribution >= 4 is 11.6 Å². The summed E-state index contributed by atoms with van der Waals surface area (Å²) in [7, 11) is 0. The third-order valence-electron chi connectivity index (χ3n) is 1.58. The summed E-state index contributed by atoms with van der Waals surface area (Å²) in [5.74, 6) is -0.668. The van der Waals surface area contributed by atoms with Crippen LogP contribution in [0.15, 0.2) is 12.3 Å². The van der Waals surface area contributed by atoms with E-state index >= 15 is 0 Å². The average Bonchev–Trinajstić information content (AvgIpc) is 2.27. The Bertz CT molecular complexity index is 324. The highest BCUT2D eigenvalue weighted by molar-refractivity contribution is 5.98. The molecule has 1 aliphatic rings. The monoisotopic (exact) mass is 152 g/mol. The minimum atomic E-state index is -0.564. The number of hydrogen-bond donors (Lipinski definition) is 1. The third-order valence-corrected chi connectivity index (χ3v) is 1.58. The fourth-order valence-electron chi connectivity index (χ4n) is 1.08. The first-order valence-electron chi connectivity index (χ1n) is 3.20. The highest BCUT2D eigenvalue weighted by atomic mass is 19.1. The van der Waals surface area contributed by atoms with E-state index in [1.807, 2.05) is 0 Å². The number of carbonyl (C=O) groups is 1. The molecule has 11 heavy (non-hydrogen) atoms. The summed E-state index contributed by atoms with van der Waals surface area (Å²) >= 11 is 0. The lowest BCUT2D eigenvalue weighted by Crippen LogP contribution is -2.03. The molecule has 0 saturated heterocycles. The number of hydrogen-bond acceptors (Lipinski definition) is 2. The zero-order chi connectivity index (χ0) is 7.84. The van der Waals surface area contributed by atoms with Gasteiger partial charge in [-0.1, -0.05) is 0 Å². The number of pyridine rings is 1. The predicted molar refractivity (Wildman–Crippen MR) is 36.5 cm³/mol. The number of rotatable bonds is 0. The molecule has 0 bridgehead atoms. The van der Waals surface area contributed by atoms with E-state index in [1.165, 1.54) is 12.3 Å². The summed E-state index contributed by atoms with van der Waals surface area (Å²) in [6.07, 6.45) is 1.69. The Morgan fingerprint density at radius 2 is 2.45 bits per heavy atom. The van der Waals surface area contributed by atoms with Crippen molar-refractivity contribution in [1.29, 1.82) is 0 Å². The van der Waals surface area contributed by atoms with Crippen LogP contribution in [-0.4, -0.2) is 10.9 Å². The minimum absolute atomic E-state index is 0.104. The number of fused-ring (bicyclic) bond motifs is 1. The Kier molecular flexibility index (Phi) is 1.15. The van der Waals surface area contributed by atoms with Gasteiger partial charge in [-0.25, -0.2) is 4.98 Å². The lowest BCUT2D eigenvalue weighted by atomic mass is 10.2. The van der Waals surface area contributed by atoms with Gasteiger partial charge in [0.15, 0.2) is 0 Å². The molecule has 1 aromatic heterocycles. The van der Waals surface area contributed by atoms with Crippen LogP contribution in [0.25, 0.3) is 0 Å². The molecule has 0 spiro atoms. The number of nitrogens with one attached hydrogen (secondary N) is 1. The quantitative estimate of drug-likeness (QED) is 0.556. The van der Waals surface area contributed by atoms with E-state index in [9.17, 15) is 9.18 Å². The van der Waals surface area contributed by atoms with E-state index in [0.717, 1.165) is 5.56 Å². The maximum absolute atomic E-state index is 12.4. The van der Waals surface area contributed by atoms with Gasteiger partial charge in [-0.2, -0.15) is 4.39 Å². The van der Waals surface area contributed by atoms with Gasteiger partial charge < -0.3 is 5.32 Å². The first kappa shape index (κ1) is 6.27. The maximum Gasteiger partial charge on any atom is 0.228 e. The van der Waals surface area contributed by atoms with Gasteiger partial charge in [0.25, 0.3) is 0 Å². The van der Waals surface area contributed by atoms with Crippen molar-refractivity contribution in [3.05, 3.63) is 23.8 Å². The van der Waals surface area contributed by atoms with Crippen molar-refractivity contribution in [2.45, 2.75) is 6.42 Å². The van der Waals surface area contributed by atoms with Crippen LogP contribution in [-0.2, 0) is 11.2 Å². The van der Waals surface area contributed by atoms with Crippen molar-refractivity contribution in [1.82, 2.24) is 4.98 Å². The molecule has 1 N–H and O–H groups in total. The molecule has 1 aromatic rings. The van der Waals surface area contributed by atoms with E-state index in [0.29, 0.717) is 12.1 Å². The van der Waals surface area contributed by atoms with Crippen molar-refractivity contribution in [2.24, 2.45) is 0 Å². The van der Waals surface area contributed by atoms with Crippen LogP contribution in [0, 0.1) is 5.95 Å². The second-order valence-corrected chi connectivity index (χ2v) is 2.39. The lowest BCUT2D eigenvalue weighted by molar-refractivity contribution is -0.115. The van der Waals surface area contributed by atoms with Crippen molar-refractivity contribution in [3.63, 3.8) is 0 Å². The molecule has 0 fully saturated rings. The largest absolute Gasteiger partial charge is 0.325 e. The molecule has 0 aromatic carbocycles. The van der Waals surface area contributed by atoms with Gasteiger partial charge in [-0.05, 0) is 0 Å². The average molecular weight is 152 g/mol. The van der Waals surface area contributed by atoms with E-state index < -0.39 is 5.95 Å². The zero-order valence-corrected chi connectivity index (χ0v) is 5.60. The standard InChI is InChI=1S/C7H5FN2O/c8-6-2-5-4(3-9-6)1-7(11)10-5/h2-3H,1H2,(H,10,11). The van der Waals surface area contributed by atoms with Gasteiger partial charge in [-0.3, -0.25) is 4.79 Å². The second-order valence-electron chi connectivity index (χ2n) is 2.39. The molecule has 4 heteroatoms. The Labute approximate surface area is 62.3 Å². The van der Waals surface area contributed by atoms with Crippen LogP contribution in [0.2, 0.25) is 0 Å². The Morgan fingerprint density at radius 3 is 3.27 bits per heavy atom. The highest BCUT2D eigenvalue weighted by Gasteiger charge is 2.17. The molecule has 0 aliphatic carbocycles. The number of anilines is 1. The molecule has 3 nitrogen and oxygen atoms in total. The topological polar surface area (TPSA) is 42.0 Å². The normalized spacial score (nSPS) is 14.5. The van der Waals surface area contributed by atoms with Crippen LogP contribution < -0.4 is 5.32 Å². The Morgan fingerprint density at radius 1 is 1.64 bits per heavy atom. The molecule has 2 rings (SSSR count). The number of halogens is 1. The third kappa shape index (κ3) is 0.960. The molecule has 2 heterocycles. The first-order valence-corrected chi connectivity index (χ1v) is 3.20. The smallest absolute Gasteiger partial charge is 0.228 e. The number of amides is 1. The van der Waals surface area contributed by atoms with Gasteiger partial charge in [0.2, 0.25) is 11.9 Å². The predicted octanol–water partition coefficient (Wildman–Crippen LogP) is 0.715. The van der Waals surface area contributed by atoms with Crippen LogP contribution in [0.5, 0.6) is 0 Å². The number of carbonyl (C=O) groups excluding carboxylic acids is 1. The van der Waals surface area contributed by atoms with Crippen LogP contribution in [0.3, 0.4) is 0 Å². The zero-order valence-electron chi connectivity index (χ0n) is 5.60. The van der Waals surface area contributed by atoms with Crippen molar-refractivity contribution < 1.29 is 9.18 Å². The van der Waals surface area contributed by atoms with E-state index in [1.54, 1.807) is 0 Å². The molecule has 56 valence electrons. The van der Waals surface area contributed by atoms with Gasteiger partial charge in [0.1, 0.15) is 0 Å². The molecule has 1 amide bonds. The summed E-state index contributed by atoms with van der Waals surface area (Å²) in [5, 5.41) is 2.52. The fraction of sp³-hybridized carbons (Fsp3) is 0.143. The van der Waals surface area contributed by atoms with E-state index in [2.05, 4.69) is 10.3 Å². The summed E-state index contributed by atoms with van der Waals surface area (Å²) in [6, 6.07) is 1.22. The lowest BCUT2D eigenvalue weighted by Gasteiger charge is -1.94. The van der Waals surface area contributed by atoms with Gasteiger partial charge in [0.05, 0.1) is 12.1 Å². The van der Waals surface area contributed by atoms with E-state index in [-0.39, 0.29) is 5.91 Å². The minimum Gasteiger partial charge on any atom is -0.325 e. The molecule has 0 atom stereocenters. The number of nitrogens with zero attached hydrogens (tertiary/aromatic N) is 1. The van der Waals surface area contributed by atoms with Gasteiger partial charge in [0, 0.05) is 17.8 Å². The van der Waals surface area contributed by atoms with Crippen LogP contribution >= 0.6 is 0 Å². The second kappa shape index (κ2) is 2.02. The highest BCUT2D eigenvalue weighted by Crippen LogP contribution is 2.21. The van der Waals surface area contributed by atoms with Gasteiger partial charge >= 0.3 is 0 Å². The van der Waals surface area contributed by atoms with Crippen LogP contribution in [0.1, 0.15) is 5.56 Å². The summed E-state index contributed by atoms with van der Waals surface area (Å²) in [4.78, 5) is 14.2. The summed E-state index contributed by atoms with van der Waals surface area (Å²) < 4.78 is 12.4. The summed E-state index contributed by atoms with van der Waals surface area (Å²) in [5.41, 5.74) is 1.30. The molecule has 0 saturated carbocycles. The molecule has 1 aliphatic heterocycles. The molecular formula is C7H5FN2O. The molecule has 0 unspecified atom stereocenters. The Balaban J connectivity index is 2.51. The van der Waals surface area contributed by atoms with Crippen LogP contribution in [0.4, 0.5) is 10.1 Å². The van der Waals surface area contributed by atoms with Crippen molar-refractivity contribution in [2.75, 3.05) is 5.32 Å². The fourth-order valence-corrected chi connectivity index (χ4v) is 1.08. The SMILES string of the molecule is O=C1Cc2cnc(F)cc2N1. The molecule has 0 radical (unpaired) electrons. The summed E-state index contributed by atoms with van der Waals surface area (Å²) in [6.45, 7) is 0. The molecular weight excluding hydrogens is 147 g/mol. The number of aromatic nitrogens is 1. The van der Waals surface area contributed by atoms with E-state index in [4.69, 9.17) is 0 Å².